The Kier molecular flexibility index (Phi) is 4.41. The van der Waals surface area contributed by atoms with Gasteiger partial charge in [0.1, 0.15) is 0 Å². The van der Waals surface area contributed by atoms with Crippen LogP contribution in [0, 0.1) is 5.82 Å². The zero-order valence-corrected chi connectivity index (χ0v) is 13.1. The predicted molar refractivity (Wildman–Crippen MR) is 76.3 cm³/mol. The van der Waals surface area contributed by atoms with Crippen molar-refractivity contribution < 1.29 is 4.39 Å². The third kappa shape index (κ3) is 3.19. The summed E-state index contributed by atoms with van der Waals surface area (Å²) < 4.78 is 15.4. The lowest BCUT2D eigenvalue weighted by atomic mass is 10.3. The molecule has 0 aliphatic heterocycles. The largest absolute Gasteiger partial charge is 0.378 e. The van der Waals surface area contributed by atoms with Gasteiger partial charge in [-0.1, -0.05) is 11.6 Å². The second kappa shape index (κ2) is 5.65. The Morgan fingerprint density at radius 2 is 2.18 bits per heavy atom. The molecule has 0 saturated heterocycles. The fourth-order valence-electron chi connectivity index (χ4n) is 1.21. The second-order valence-corrected chi connectivity index (χ2v) is 6.50. The Bertz CT molecular complexity index is 547. The number of nitrogens with zero attached hydrogens (tertiary/aromatic N) is 1. The van der Waals surface area contributed by atoms with Gasteiger partial charge in [-0.25, -0.2) is 9.37 Å². The average molecular weight is 400 g/mol. The van der Waals surface area contributed by atoms with Crippen molar-refractivity contribution in [3.05, 3.63) is 42.4 Å². The normalized spacial score (nSPS) is 10.6. The zero-order valence-electron chi connectivity index (χ0n) is 8.31. The smallest absolute Gasteiger partial charge is 0.183 e. The van der Waals surface area contributed by atoms with Crippen LogP contribution in [0.1, 0.15) is 4.88 Å². The van der Waals surface area contributed by atoms with Crippen molar-refractivity contribution >= 4 is 60.5 Å². The first-order valence-corrected chi connectivity index (χ1v) is 7.33. The molecular formula is C10H6Br2ClFN2S. The summed E-state index contributed by atoms with van der Waals surface area (Å²) in [6, 6.07) is 3.45. The molecule has 2 rings (SSSR count). The molecule has 0 aliphatic rings. The molecule has 1 heterocycles. The van der Waals surface area contributed by atoms with E-state index in [1.54, 1.807) is 18.3 Å². The van der Waals surface area contributed by atoms with Gasteiger partial charge >= 0.3 is 0 Å². The third-order valence-corrected chi connectivity index (χ3v) is 5.10. The van der Waals surface area contributed by atoms with Crippen molar-refractivity contribution in [1.29, 1.82) is 0 Å². The topological polar surface area (TPSA) is 24.9 Å². The average Bonchev–Trinajstić information content (AvgIpc) is 2.71. The Balaban J connectivity index is 2.12. The van der Waals surface area contributed by atoms with Gasteiger partial charge in [0.25, 0.3) is 0 Å². The van der Waals surface area contributed by atoms with Gasteiger partial charge < -0.3 is 5.32 Å². The highest BCUT2D eigenvalue weighted by Crippen LogP contribution is 2.31. The first-order chi connectivity index (χ1) is 8.08. The van der Waals surface area contributed by atoms with Crippen molar-refractivity contribution in [3.8, 4) is 0 Å². The molecule has 0 bridgehead atoms. The summed E-state index contributed by atoms with van der Waals surface area (Å²) in [6.07, 6.45) is 1.67. The van der Waals surface area contributed by atoms with Crippen molar-refractivity contribution in [3.63, 3.8) is 0 Å². The van der Waals surface area contributed by atoms with Gasteiger partial charge in [0.2, 0.25) is 0 Å². The summed E-state index contributed by atoms with van der Waals surface area (Å²) in [4.78, 5) is 4.87. The second-order valence-electron chi connectivity index (χ2n) is 3.16. The van der Waals surface area contributed by atoms with E-state index in [2.05, 4.69) is 42.2 Å². The fraction of sp³-hybridized carbons (Fsp3) is 0.100. The minimum atomic E-state index is -0.324. The van der Waals surface area contributed by atoms with Gasteiger partial charge in [-0.2, -0.15) is 0 Å². The van der Waals surface area contributed by atoms with Gasteiger partial charge in [0, 0.05) is 15.5 Å². The van der Waals surface area contributed by atoms with Crippen LogP contribution in [0.4, 0.5) is 10.1 Å². The standard InChI is InChI=1S/C10H6Br2ClFN2S/c11-6-1-2-7(9(14)8(6)12)15-3-5-4-16-10(13)17-5/h1-2,4,15H,3H2. The molecule has 0 fully saturated rings. The molecule has 0 spiro atoms. The lowest BCUT2D eigenvalue weighted by Gasteiger charge is -2.08. The summed E-state index contributed by atoms with van der Waals surface area (Å²) in [5.74, 6) is -0.324. The quantitative estimate of drug-likeness (QED) is 0.728. The molecule has 2 aromatic rings. The molecule has 17 heavy (non-hydrogen) atoms. The molecule has 0 atom stereocenters. The Labute approximate surface area is 123 Å². The van der Waals surface area contributed by atoms with Crippen LogP contribution in [-0.4, -0.2) is 4.98 Å². The highest BCUT2D eigenvalue weighted by atomic mass is 79.9. The Morgan fingerprint density at radius 3 is 2.82 bits per heavy atom. The van der Waals surface area contributed by atoms with E-state index in [-0.39, 0.29) is 5.82 Å². The number of anilines is 1. The van der Waals surface area contributed by atoms with Gasteiger partial charge in [-0.3, -0.25) is 0 Å². The Hall–Kier alpha value is -0.170. The van der Waals surface area contributed by atoms with Crippen LogP contribution < -0.4 is 5.32 Å². The molecule has 1 aromatic carbocycles. The van der Waals surface area contributed by atoms with E-state index < -0.39 is 0 Å². The van der Waals surface area contributed by atoms with Crippen LogP contribution in [-0.2, 0) is 6.54 Å². The molecule has 0 aliphatic carbocycles. The van der Waals surface area contributed by atoms with E-state index in [0.29, 0.717) is 25.6 Å². The molecule has 2 nitrogen and oxygen atoms in total. The summed E-state index contributed by atoms with van der Waals surface area (Å²) in [7, 11) is 0. The first kappa shape index (κ1) is 13.3. The number of nitrogens with one attached hydrogen (secondary N) is 1. The van der Waals surface area contributed by atoms with Crippen LogP contribution >= 0.6 is 54.8 Å². The first-order valence-electron chi connectivity index (χ1n) is 4.55. The fourth-order valence-corrected chi connectivity index (χ4v) is 2.78. The van der Waals surface area contributed by atoms with Gasteiger partial charge in [0.15, 0.2) is 10.3 Å². The predicted octanol–water partition coefficient (Wildman–Crippen LogP) is 5.07. The third-order valence-electron chi connectivity index (χ3n) is 2.01. The maximum atomic E-state index is 13.8. The van der Waals surface area contributed by atoms with E-state index in [1.807, 2.05) is 0 Å². The summed E-state index contributed by atoms with van der Waals surface area (Å²) in [5, 5.41) is 3.00. The van der Waals surface area contributed by atoms with Crippen molar-refractivity contribution in [2.45, 2.75) is 6.54 Å². The van der Waals surface area contributed by atoms with E-state index in [0.717, 1.165) is 4.88 Å². The van der Waals surface area contributed by atoms with Crippen LogP contribution in [0.3, 0.4) is 0 Å². The van der Waals surface area contributed by atoms with Crippen LogP contribution in [0.2, 0.25) is 4.47 Å². The van der Waals surface area contributed by atoms with Crippen molar-refractivity contribution in [2.75, 3.05) is 5.32 Å². The molecular weight excluding hydrogens is 394 g/mol. The lowest BCUT2D eigenvalue weighted by Crippen LogP contribution is -2.00. The van der Waals surface area contributed by atoms with Crippen LogP contribution in [0.25, 0.3) is 0 Å². The molecule has 0 radical (unpaired) electrons. The molecule has 0 saturated carbocycles. The molecule has 90 valence electrons. The van der Waals surface area contributed by atoms with E-state index in [4.69, 9.17) is 11.6 Å². The molecule has 7 heteroatoms. The van der Waals surface area contributed by atoms with E-state index in [9.17, 15) is 4.39 Å². The lowest BCUT2D eigenvalue weighted by molar-refractivity contribution is 0.622. The SMILES string of the molecule is Fc1c(NCc2cnc(Cl)s2)ccc(Br)c1Br. The van der Waals surface area contributed by atoms with E-state index in [1.165, 1.54) is 11.3 Å². The van der Waals surface area contributed by atoms with E-state index >= 15 is 0 Å². The number of aromatic nitrogens is 1. The van der Waals surface area contributed by atoms with Crippen LogP contribution in [0.5, 0.6) is 0 Å². The maximum Gasteiger partial charge on any atom is 0.183 e. The number of thiazole rings is 1. The highest BCUT2D eigenvalue weighted by Gasteiger charge is 2.09. The number of hydrogen-bond donors (Lipinski definition) is 1. The molecule has 0 amide bonds. The number of halogens is 4. The van der Waals surface area contributed by atoms with Crippen LogP contribution in [0.15, 0.2) is 27.3 Å². The number of hydrogen-bond acceptors (Lipinski definition) is 3. The molecule has 1 N–H and O–H groups in total. The monoisotopic (exact) mass is 398 g/mol. The van der Waals surface area contributed by atoms with Gasteiger partial charge in [-0.15, -0.1) is 11.3 Å². The van der Waals surface area contributed by atoms with Gasteiger partial charge in [0.05, 0.1) is 16.7 Å². The molecule has 0 unspecified atom stereocenters. The van der Waals surface area contributed by atoms with Gasteiger partial charge in [-0.05, 0) is 44.0 Å². The summed E-state index contributed by atoms with van der Waals surface area (Å²) in [5.41, 5.74) is 0.435. The highest BCUT2D eigenvalue weighted by molar-refractivity contribution is 9.13. The Morgan fingerprint density at radius 1 is 1.41 bits per heavy atom. The number of rotatable bonds is 3. The number of benzene rings is 1. The maximum absolute atomic E-state index is 13.8. The summed E-state index contributed by atoms with van der Waals surface area (Å²) in [6.45, 7) is 0.495. The zero-order chi connectivity index (χ0) is 12.4. The summed E-state index contributed by atoms with van der Waals surface area (Å²) >= 11 is 13.5. The minimum absolute atomic E-state index is 0.324. The van der Waals surface area contributed by atoms with Crippen molar-refractivity contribution in [1.82, 2.24) is 4.98 Å². The van der Waals surface area contributed by atoms with Crippen molar-refractivity contribution in [2.24, 2.45) is 0 Å². The molecule has 1 aromatic heterocycles. The minimum Gasteiger partial charge on any atom is -0.378 e.